The lowest BCUT2D eigenvalue weighted by molar-refractivity contribution is -0.384. The third-order valence-electron chi connectivity index (χ3n) is 5.91. The Bertz CT molecular complexity index is 1260. The van der Waals surface area contributed by atoms with Gasteiger partial charge in [-0.05, 0) is 42.8 Å². The highest BCUT2D eigenvalue weighted by atomic mass is 19.1. The van der Waals surface area contributed by atoms with Crippen LogP contribution in [0.4, 0.5) is 21.5 Å². The Morgan fingerprint density at radius 1 is 0.939 bits per heavy atom. The molecule has 166 valence electrons. The lowest BCUT2D eigenvalue weighted by Crippen LogP contribution is -2.37. The molecule has 0 aliphatic carbocycles. The van der Waals surface area contributed by atoms with Crippen molar-refractivity contribution in [3.8, 4) is 0 Å². The molecule has 2 heterocycles. The van der Waals surface area contributed by atoms with Gasteiger partial charge in [0, 0.05) is 12.1 Å². The van der Waals surface area contributed by atoms with E-state index >= 15 is 0 Å². The Morgan fingerprint density at radius 3 is 2.30 bits per heavy atom. The van der Waals surface area contributed by atoms with Crippen LogP contribution in [-0.4, -0.2) is 22.8 Å². The molecule has 0 radical (unpaired) electrons. The standard InChI is InChI=1S/C24H18FN3O5/c1-14-5-7-15(8-6-14)21-20-22(33-27(21)18-3-2-4-19(13-18)28(31)32)24(30)26(23(20)29)17-11-9-16(25)10-12-17/h2-13,20-22H,1H3. The summed E-state index contributed by atoms with van der Waals surface area (Å²) in [6.07, 6.45) is -1.12. The number of benzene rings is 3. The minimum absolute atomic E-state index is 0.138. The van der Waals surface area contributed by atoms with Gasteiger partial charge in [-0.25, -0.2) is 14.4 Å². The summed E-state index contributed by atoms with van der Waals surface area (Å²) in [7, 11) is 0. The number of nitro groups is 1. The molecule has 0 bridgehead atoms. The Balaban J connectivity index is 1.59. The van der Waals surface area contributed by atoms with Gasteiger partial charge >= 0.3 is 0 Å². The molecule has 33 heavy (non-hydrogen) atoms. The molecular weight excluding hydrogens is 429 g/mol. The Hall–Kier alpha value is -4.11. The van der Waals surface area contributed by atoms with Gasteiger partial charge in [0.2, 0.25) is 5.91 Å². The molecule has 9 heteroatoms. The predicted octanol–water partition coefficient (Wildman–Crippen LogP) is 4.09. The maximum absolute atomic E-state index is 13.5. The van der Waals surface area contributed by atoms with E-state index in [4.69, 9.17) is 4.84 Å². The SMILES string of the molecule is Cc1ccc(C2C3C(=O)N(c4ccc(F)cc4)C(=O)C3ON2c2cccc([N+](=O)[O-])c2)cc1. The largest absolute Gasteiger partial charge is 0.273 e. The number of hydrogen-bond acceptors (Lipinski definition) is 6. The highest BCUT2D eigenvalue weighted by molar-refractivity contribution is 6.23. The predicted molar refractivity (Wildman–Crippen MR) is 117 cm³/mol. The summed E-state index contributed by atoms with van der Waals surface area (Å²) in [5.74, 6) is -2.41. The number of carbonyl (C=O) groups is 2. The second kappa shape index (κ2) is 7.79. The van der Waals surface area contributed by atoms with Gasteiger partial charge in [0.25, 0.3) is 11.6 Å². The van der Waals surface area contributed by atoms with Gasteiger partial charge in [0.1, 0.15) is 11.7 Å². The molecule has 3 aromatic carbocycles. The molecule has 2 aliphatic rings. The number of aryl methyl sites for hydroxylation is 1. The summed E-state index contributed by atoms with van der Waals surface area (Å²) in [5, 5.41) is 12.7. The van der Waals surface area contributed by atoms with Crippen molar-refractivity contribution in [2.24, 2.45) is 5.92 Å². The third kappa shape index (κ3) is 3.42. The number of fused-ring (bicyclic) bond motifs is 1. The van der Waals surface area contributed by atoms with Crippen molar-refractivity contribution in [2.75, 3.05) is 9.96 Å². The fourth-order valence-corrected chi connectivity index (χ4v) is 4.33. The highest BCUT2D eigenvalue weighted by Gasteiger charge is 2.60. The van der Waals surface area contributed by atoms with Crippen LogP contribution in [0.1, 0.15) is 17.2 Å². The summed E-state index contributed by atoms with van der Waals surface area (Å²) < 4.78 is 13.4. The van der Waals surface area contributed by atoms with Gasteiger partial charge in [0.15, 0.2) is 6.10 Å². The van der Waals surface area contributed by atoms with Crippen LogP contribution < -0.4 is 9.96 Å². The molecule has 0 aromatic heterocycles. The quantitative estimate of drug-likeness (QED) is 0.340. The summed E-state index contributed by atoms with van der Waals surface area (Å²) >= 11 is 0. The average Bonchev–Trinajstić information content (AvgIpc) is 3.31. The number of rotatable bonds is 4. The van der Waals surface area contributed by atoms with Crippen LogP contribution in [0.25, 0.3) is 0 Å². The summed E-state index contributed by atoms with van der Waals surface area (Å²) in [6.45, 7) is 1.93. The zero-order chi connectivity index (χ0) is 23.3. The van der Waals surface area contributed by atoms with Crippen molar-refractivity contribution in [1.82, 2.24) is 0 Å². The first-order chi connectivity index (χ1) is 15.8. The van der Waals surface area contributed by atoms with Crippen molar-refractivity contribution < 1.29 is 23.7 Å². The molecular formula is C24H18FN3O5. The number of nitrogens with zero attached hydrogens (tertiary/aromatic N) is 3. The molecule has 0 saturated carbocycles. The number of anilines is 2. The second-order valence-corrected chi connectivity index (χ2v) is 8.00. The molecule has 5 rings (SSSR count). The fourth-order valence-electron chi connectivity index (χ4n) is 4.33. The zero-order valence-electron chi connectivity index (χ0n) is 17.4. The van der Waals surface area contributed by atoms with Crippen LogP contribution in [0, 0.1) is 28.8 Å². The number of hydrogen-bond donors (Lipinski definition) is 0. The number of amides is 2. The number of carbonyl (C=O) groups excluding carboxylic acids is 2. The molecule has 2 amide bonds. The van der Waals surface area contributed by atoms with Crippen molar-refractivity contribution in [1.29, 1.82) is 0 Å². The van der Waals surface area contributed by atoms with E-state index in [2.05, 4.69) is 0 Å². The van der Waals surface area contributed by atoms with E-state index in [9.17, 15) is 24.1 Å². The molecule has 0 spiro atoms. The molecule has 3 atom stereocenters. The van der Waals surface area contributed by atoms with Crippen LogP contribution in [-0.2, 0) is 14.4 Å². The van der Waals surface area contributed by atoms with Crippen molar-refractivity contribution in [3.63, 3.8) is 0 Å². The van der Waals surface area contributed by atoms with E-state index in [0.29, 0.717) is 5.69 Å². The van der Waals surface area contributed by atoms with Crippen LogP contribution >= 0.6 is 0 Å². The Labute approximate surface area is 187 Å². The van der Waals surface area contributed by atoms with Crippen LogP contribution in [0.5, 0.6) is 0 Å². The summed E-state index contributed by atoms with van der Waals surface area (Å²) in [4.78, 5) is 44.5. The van der Waals surface area contributed by atoms with E-state index in [1.54, 1.807) is 6.07 Å². The number of halogens is 1. The zero-order valence-corrected chi connectivity index (χ0v) is 17.4. The molecule has 8 nitrogen and oxygen atoms in total. The van der Waals surface area contributed by atoms with Gasteiger partial charge < -0.3 is 0 Å². The summed E-state index contributed by atoms with van der Waals surface area (Å²) in [5.41, 5.74) is 2.22. The molecule has 3 aromatic rings. The molecule has 3 unspecified atom stereocenters. The van der Waals surface area contributed by atoms with E-state index in [-0.39, 0.29) is 11.4 Å². The first kappa shape index (κ1) is 20.8. The monoisotopic (exact) mass is 447 g/mol. The number of imide groups is 1. The topological polar surface area (TPSA) is 93.0 Å². The Morgan fingerprint density at radius 2 is 1.64 bits per heavy atom. The normalized spacial score (nSPS) is 22.1. The first-order valence-electron chi connectivity index (χ1n) is 10.3. The number of non-ortho nitro benzene ring substituents is 1. The molecule has 2 fully saturated rings. The lowest BCUT2D eigenvalue weighted by Gasteiger charge is -2.28. The lowest BCUT2D eigenvalue weighted by atomic mass is 9.90. The minimum Gasteiger partial charge on any atom is -0.273 e. The van der Waals surface area contributed by atoms with Crippen molar-refractivity contribution in [2.45, 2.75) is 19.1 Å². The Kier molecular flexibility index (Phi) is 4.90. The van der Waals surface area contributed by atoms with Crippen LogP contribution in [0.3, 0.4) is 0 Å². The van der Waals surface area contributed by atoms with Gasteiger partial charge in [0.05, 0.1) is 22.3 Å². The number of hydroxylamine groups is 1. The molecule has 0 N–H and O–H groups in total. The summed E-state index contributed by atoms with van der Waals surface area (Å²) in [6, 6.07) is 17.7. The minimum atomic E-state index is -1.12. The van der Waals surface area contributed by atoms with E-state index in [1.807, 2.05) is 31.2 Å². The number of nitro benzene ring substituents is 1. The fraction of sp³-hybridized carbons (Fsp3) is 0.167. The van der Waals surface area contributed by atoms with E-state index < -0.39 is 40.6 Å². The second-order valence-electron chi connectivity index (χ2n) is 8.00. The molecule has 2 aliphatic heterocycles. The van der Waals surface area contributed by atoms with E-state index in [0.717, 1.165) is 16.0 Å². The maximum Gasteiger partial charge on any atom is 0.271 e. The molecule has 2 saturated heterocycles. The first-order valence-corrected chi connectivity index (χ1v) is 10.3. The smallest absolute Gasteiger partial charge is 0.271 e. The van der Waals surface area contributed by atoms with Crippen molar-refractivity contribution in [3.05, 3.63) is 99.9 Å². The highest BCUT2D eigenvalue weighted by Crippen LogP contribution is 2.48. The van der Waals surface area contributed by atoms with Gasteiger partial charge in [-0.3, -0.25) is 24.5 Å². The van der Waals surface area contributed by atoms with Gasteiger partial charge in [-0.2, -0.15) is 0 Å². The van der Waals surface area contributed by atoms with Crippen LogP contribution in [0.2, 0.25) is 0 Å². The van der Waals surface area contributed by atoms with Crippen LogP contribution in [0.15, 0.2) is 72.8 Å². The third-order valence-corrected chi connectivity index (χ3v) is 5.91. The van der Waals surface area contributed by atoms with Crippen molar-refractivity contribution >= 4 is 28.9 Å². The van der Waals surface area contributed by atoms with E-state index in [1.165, 1.54) is 47.5 Å². The average molecular weight is 447 g/mol. The maximum atomic E-state index is 13.5. The van der Waals surface area contributed by atoms with Gasteiger partial charge in [-0.1, -0.05) is 35.9 Å². The van der Waals surface area contributed by atoms with Gasteiger partial charge in [-0.15, -0.1) is 0 Å².